The average Bonchev–Trinajstić information content (AvgIpc) is 2.82. The van der Waals surface area contributed by atoms with Gasteiger partial charge in [-0.1, -0.05) is 0 Å². The Morgan fingerprint density at radius 3 is 2.80 bits per heavy atom. The van der Waals surface area contributed by atoms with Crippen molar-refractivity contribution in [1.29, 1.82) is 0 Å². The predicted octanol–water partition coefficient (Wildman–Crippen LogP) is 0.142. The molecule has 1 amide bonds. The number of ether oxygens (including phenoxy) is 1. The minimum atomic E-state index is 0.0404. The SMILES string of the molecule is Cc1cc(C)n2nc(CC(=O)N3CCOCC3)nc2n1. The van der Waals surface area contributed by atoms with Crippen LogP contribution in [0.15, 0.2) is 6.07 Å². The Morgan fingerprint density at radius 2 is 2.05 bits per heavy atom. The summed E-state index contributed by atoms with van der Waals surface area (Å²) in [4.78, 5) is 22.6. The molecule has 20 heavy (non-hydrogen) atoms. The summed E-state index contributed by atoms with van der Waals surface area (Å²) in [6.45, 7) is 6.35. The molecule has 1 saturated heterocycles. The van der Waals surface area contributed by atoms with Crippen LogP contribution in [-0.4, -0.2) is 56.7 Å². The van der Waals surface area contributed by atoms with E-state index in [2.05, 4.69) is 15.1 Å². The van der Waals surface area contributed by atoms with E-state index in [0.29, 0.717) is 37.9 Å². The minimum absolute atomic E-state index is 0.0404. The highest BCUT2D eigenvalue weighted by Gasteiger charge is 2.19. The van der Waals surface area contributed by atoms with E-state index in [9.17, 15) is 4.79 Å². The number of nitrogens with zero attached hydrogens (tertiary/aromatic N) is 5. The van der Waals surface area contributed by atoms with Gasteiger partial charge in [-0.15, -0.1) is 5.10 Å². The highest BCUT2D eigenvalue weighted by atomic mass is 16.5. The Balaban J connectivity index is 1.80. The maximum Gasteiger partial charge on any atom is 0.252 e. The molecule has 1 fully saturated rings. The molecule has 106 valence electrons. The summed E-state index contributed by atoms with van der Waals surface area (Å²) >= 11 is 0. The van der Waals surface area contributed by atoms with Crippen LogP contribution < -0.4 is 0 Å². The summed E-state index contributed by atoms with van der Waals surface area (Å²) in [5.41, 5.74) is 1.86. The van der Waals surface area contributed by atoms with Gasteiger partial charge in [0.1, 0.15) is 0 Å². The molecule has 0 bridgehead atoms. The lowest BCUT2D eigenvalue weighted by molar-refractivity contribution is -0.134. The van der Waals surface area contributed by atoms with Crippen molar-refractivity contribution in [2.24, 2.45) is 0 Å². The molecule has 1 aliphatic rings. The van der Waals surface area contributed by atoms with E-state index in [1.165, 1.54) is 0 Å². The largest absolute Gasteiger partial charge is 0.378 e. The normalized spacial score (nSPS) is 15.8. The van der Waals surface area contributed by atoms with E-state index >= 15 is 0 Å². The lowest BCUT2D eigenvalue weighted by Gasteiger charge is -2.26. The van der Waals surface area contributed by atoms with Crippen LogP contribution in [0, 0.1) is 13.8 Å². The van der Waals surface area contributed by atoms with Crippen molar-refractivity contribution in [3.63, 3.8) is 0 Å². The van der Waals surface area contributed by atoms with Crippen molar-refractivity contribution in [1.82, 2.24) is 24.5 Å². The molecule has 3 rings (SSSR count). The van der Waals surface area contributed by atoms with E-state index in [-0.39, 0.29) is 12.3 Å². The van der Waals surface area contributed by atoms with Gasteiger partial charge in [-0.05, 0) is 19.9 Å². The third-order valence-corrected chi connectivity index (χ3v) is 3.34. The zero-order valence-electron chi connectivity index (χ0n) is 11.7. The van der Waals surface area contributed by atoms with Gasteiger partial charge in [-0.2, -0.15) is 4.98 Å². The molecule has 0 atom stereocenters. The molecular formula is C13H17N5O2. The third-order valence-electron chi connectivity index (χ3n) is 3.34. The van der Waals surface area contributed by atoms with Crippen LogP contribution >= 0.6 is 0 Å². The van der Waals surface area contributed by atoms with Gasteiger partial charge < -0.3 is 9.64 Å². The van der Waals surface area contributed by atoms with Crippen molar-refractivity contribution in [2.75, 3.05) is 26.3 Å². The summed E-state index contributed by atoms with van der Waals surface area (Å²) in [7, 11) is 0. The lowest BCUT2D eigenvalue weighted by atomic mass is 10.3. The number of hydrogen-bond donors (Lipinski definition) is 0. The second-order valence-electron chi connectivity index (χ2n) is 4.95. The number of aryl methyl sites for hydroxylation is 2. The maximum atomic E-state index is 12.2. The van der Waals surface area contributed by atoms with Gasteiger partial charge in [0.05, 0.1) is 19.6 Å². The monoisotopic (exact) mass is 275 g/mol. The highest BCUT2D eigenvalue weighted by molar-refractivity contribution is 5.78. The Kier molecular flexibility index (Phi) is 3.35. The van der Waals surface area contributed by atoms with Crippen LogP contribution in [0.1, 0.15) is 17.2 Å². The number of carbonyl (C=O) groups is 1. The van der Waals surface area contributed by atoms with E-state index in [1.54, 1.807) is 9.42 Å². The summed E-state index contributed by atoms with van der Waals surface area (Å²) in [5, 5.41) is 4.35. The topological polar surface area (TPSA) is 72.6 Å². The second-order valence-corrected chi connectivity index (χ2v) is 4.95. The van der Waals surface area contributed by atoms with Crippen LogP contribution in [0.3, 0.4) is 0 Å². The molecule has 0 N–H and O–H groups in total. The first-order valence-corrected chi connectivity index (χ1v) is 6.69. The number of rotatable bonds is 2. The fourth-order valence-corrected chi connectivity index (χ4v) is 2.34. The summed E-state index contributed by atoms with van der Waals surface area (Å²) in [6.07, 6.45) is 0.210. The van der Waals surface area contributed by atoms with Gasteiger partial charge in [-0.25, -0.2) is 9.50 Å². The molecule has 1 aliphatic heterocycles. The zero-order valence-corrected chi connectivity index (χ0v) is 11.7. The fraction of sp³-hybridized carbons (Fsp3) is 0.538. The number of amides is 1. The molecule has 3 heterocycles. The van der Waals surface area contributed by atoms with Gasteiger partial charge in [0.2, 0.25) is 5.91 Å². The molecule has 2 aromatic heterocycles. The van der Waals surface area contributed by atoms with Crippen LogP contribution in [0.25, 0.3) is 5.78 Å². The number of aromatic nitrogens is 4. The Labute approximate surface area is 116 Å². The molecule has 0 radical (unpaired) electrons. The predicted molar refractivity (Wildman–Crippen MR) is 71.4 cm³/mol. The molecule has 7 heteroatoms. The standard InChI is InChI=1S/C13H17N5O2/c1-9-7-10(2)18-13(14-9)15-11(16-18)8-12(19)17-3-5-20-6-4-17/h7H,3-6,8H2,1-2H3. The van der Waals surface area contributed by atoms with Gasteiger partial charge in [0.15, 0.2) is 5.82 Å². The van der Waals surface area contributed by atoms with Gasteiger partial charge >= 0.3 is 0 Å². The van der Waals surface area contributed by atoms with Crippen LogP contribution in [0.4, 0.5) is 0 Å². The Bertz CT molecular complexity index is 645. The van der Waals surface area contributed by atoms with Crippen molar-refractivity contribution in [3.05, 3.63) is 23.3 Å². The van der Waals surface area contributed by atoms with Crippen molar-refractivity contribution in [2.45, 2.75) is 20.3 Å². The summed E-state index contributed by atoms with van der Waals surface area (Å²) in [6, 6.07) is 1.94. The van der Waals surface area contributed by atoms with Crippen LogP contribution in [0.2, 0.25) is 0 Å². The average molecular weight is 275 g/mol. The van der Waals surface area contributed by atoms with Gasteiger partial charge in [-0.3, -0.25) is 4.79 Å². The smallest absolute Gasteiger partial charge is 0.252 e. The number of carbonyl (C=O) groups excluding carboxylic acids is 1. The molecule has 0 saturated carbocycles. The molecule has 0 spiro atoms. The number of fused-ring (bicyclic) bond motifs is 1. The fourth-order valence-electron chi connectivity index (χ4n) is 2.34. The first-order chi connectivity index (χ1) is 9.63. The van der Waals surface area contributed by atoms with E-state index in [4.69, 9.17) is 4.74 Å². The van der Waals surface area contributed by atoms with Crippen molar-refractivity contribution < 1.29 is 9.53 Å². The Hall–Kier alpha value is -2.02. The zero-order chi connectivity index (χ0) is 14.1. The lowest BCUT2D eigenvalue weighted by Crippen LogP contribution is -2.41. The molecule has 0 unspecified atom stereocenters. The maximum absolute atomic E-state index is 12.2. The summed E-state index contributed by atoms with van der Waals surface area (Å²) < 4.78 is 6.91. The number of hydrogen-bond acceptors (Lipinski definition) is 5. The van der Waals surface area contributed by atoms with E-state index < -0.39 is 0 Å². The number of morpholine rings is 1. The third kappa shape index (κ3) is 2.49. The van der Waals surface area contributed by atoms with Gasteiger partial charge in [0, 0.05) is 24.5 Å². The first kappa shape index (κ1) is 13.0. The van der Waals surface area contributed by atoms with E-state index in [0.717, 1.165) is 11.4 Å². The quantitative estimate of drug-likeness (QED) is 0.779. The highest BCUT2D eigenvalue weighted by Crippen LogP contribution is 2.07. The second kappa shape index (κ2) is 5.16. The molecule has 7 nitrogen and oxygen atoms in total. The van der Waals surface area contributed by atoms with Crippen LogP contribution in [-0.2, 0) is 16.0 Å². The summed E-state index contributed by atoms with van der Waals surface area (Å²) in [5.74, 6) is 1.11. The molecule has 2 aromatic rings. The van der Waals surface area contributed by atoms with Gasteiger partial charge in [0.25, 0.3) is 5.78 Å². The molecule has 0 aliphatic carbocycles. The first-order valence-electron chi connectivity index (χ1n) is 6.69. The van der Waals surface area contributed by atoms with E-state index in [1.807, 2.05) is 19.9 Å². The molecular weight excluding hydrogens is 258 g/mol. The van der Waals surface area contributed by atoms with Crippen LogP contribution in [0.5, 0.6) is 0 Å². The Morgan fingerprint density at radius 1 is 1.30 bits per heavy atom. The molecule has 0 aromatic carbocycles. The minimum Gasteiger partial charge on any atom is -0.378 e. The van der Waals surface area contributed by atoms with Crippen molar-refractivity contribution in [3.8, 4) is 0 Å². The van der Waals surface area contributed by atoms with Crippen molar-refractivity contribution >= 4 is 11.7 Å².